The second-order valence-corrected chi connectivity index (χ2v) is 6.20. The molecule has 4 nitrogen and oxygen atoms in total. The highest BCUT2D eigenvalue weighted by Crippen LogP contribution is 2.22. The van der Waals surface area contributed by atoms with Gasteiger partial charge in [0, 0.05) is 29.3 Å². The number of aromatic nitrogens is 2. The first kappa shape index (κ1) is 16.7. The highest BCUT2D eigenvalue weighted by atomic mass is 79.9. The van der Waals surface area contributed by atoms with E-state index < -0.39 is 0 Å². The van der Waals surface area contributed by atoms with Crippen molar-refractivity contribution in [2.24, 2.45) is 0 Å². The third kappa shape index (κ3) is 4.70. The van der Waals surface area contributed by atoms with Crippen molar-refractivity contribution < 1.29 is 0 Å². The van der Waals surface area contributed by atoms with Crippen molar-refractivity contribution >= 4 is 33.3 Å². The molecule has 118 valence electrons. The van der Waals surface area contributed by atoms with E-state index in [2.05, 4.69) is 50.0 Å². The SMILES string of the molecule is CCCN(CCC)c1cc(Nc2cccc(Br)c2)nc(C)n1. The Labute approximate surface area is 141 Å². The second kappa shape index (κ2) is 8.13. The molecule has 22 heavy (non-hydrogen) atoms. The Bertz CT molecular complexity index is 609. The van der Waals surface area contributed by atoms with E-state index in [4.69, 9.17) is 0 Å². The molecule has 1 aromatic carbocycles. The molecule has 0 saturated carbocycles. The van der Waals surface area contributed by atoms with Crippen LogP contribution in [0.25, 0.3) is 0 Å². The van der Waals surface area contributed by atoms with Gasteiger partial charge in [-0.05, 0) is 38.0 Å². The lowest BCUT2D eigenvalue weighted by atomic mass is 10.3. The van der Waals surface area contributed by atoms with Gasteiger partial charge in [0.15, 0.2) is 0 Å². The molecule has 1 heterocycles. The number of aryl methyl sites for hydroxylation is 1. The highest BCUT2D eigenvalue weighted by molar-refractivity contribution is 9.10. The van der Waals surface area contributed by atoms with Crippen LogP contribution in [0.15, 0.2) is 34.8 Å². The van der Waals surface area contributed by atoms with Crippen LogP contribution in [-0.2, 0) is 0 Å². The molecule has 1 aromatic heterocycles. The van der Waals surface area contributed by atoms with Gasteiger partial charge < -0.3 is 10.2 Å². The Morgan fingerprint density at radius 3 is 2.45 bits per heavy atom. The summed E-state index contributed by atoms with van der Waals surface area (Å²) in [6, 6.07) is 10.1. The molecule has 2 rings (SSSR count). The van der Waals surface area contributed by atoms with Crippen molar-refractivity contribution in [3.8, 4) is 0 Å². The lowest BCUT2D eigenvalue weighted by Gasteiger charge is -2.23. The molecule has 0 fully saturated rings. The highest BCUT2D eigenvalue weighted by Gasteiger charge is 2.09. The zero-order valence-electron chi connectivity index (χ0n) is 13.4. The number of hydrogen-bond acceptors (Lipinski definition) is 4. The Hall–Kier alpha value is -1.62. The molecule has 0 spiro atoms. The largest absolute Gasteiger partial charge is 0.356 e. The summed E-state index contributed by atoms with van der Waals surface area (Å²) in [5.74, 6) is 2.61. The topological polar surface area (TPSA) is 41.0 Å². The first-order valence-electron chi connectivity index (χ1n) is 7.75. The van der Waals surface area contributed by atoms with E-state index in [-0.39, 0.29) is 0 Å². The van der Waals surface area contributed by atoms with Crippen molar-refractivity contribution in [2.45, 2.75) is 33.6 Å². The molecule has 0 radical (unpaired) electrons. The fourth-order valence-electron chi connectivity index (χ4n) is 2.37. The van der Waals surface area contributed by atoms with Gasteiger partial charge >= 0.3 is 0 Å². The molecule has 0 atom stereocenters. The summed E-state index contributed by atoms with van der Waals surface area (Å²) in [4.78, 5) is 11.4. The van der Waals surface area contributed by atoms with Crippen LogP contribution in [-0.4, -0.2) is 23.1 Å². The summed E-state index contributed by atoms with van der Waals surface area (Å²) in [7, 11) is 0. The standard InChI is InChI=1S/C17H23BrN4/c1-4-9-22(10-5-2)17-12-16(19-13(3)20-17)21-15-8-6-7-14(18)11-15/h6-8,11-12H,4-5,9-10H2,1-3H3,(H,19,20,21). The molecule has 0 unspecified atom stereocenters. The molecule has 0 aliphatic heterocycles. The zero-order valence-corrected chi connectivity index (χ0v) is 15.0. The molecule has 0 bridgehead atoms. The molecular formula is C17H23BrN4. The number of benzene rings is 1. The van der Waals surface area contributed by atoms with E-state index in [1.165, 1.54) is 0 Å². The van der Waals surface area contributed by atoms with Crippen LogP contribution in [0.2, 0.25) is 0 Å². The summed E-state index contributed by atoms with van der Waals surface area (Å²) < 4.78 is 1.04. The van der Waals surface area contributed by atoms with Crippen LogP contribution in [0, 0.1) is 6.92 Å². The Morgan fingerprint density at radius 2 is 1.82 bits per heavy atom. The number of rotatable bonds is 7. The lowest BCUT2D eigenvalue weighted by Crippen LogP contribution is -2.26. The molecule has 2 aromatic rings. The molecule has 0 amide bonds. The van der Waals surface area contributed by atoms with Crippen LogP contribution >= 0.6 is 15.9 Å². The van der Waals surface area contributed by atoms with Crippen molar-refractivity contribution in [3.63, 3.8) is 0 Å². The summed E-state index contributed by atoms with van der Waals surface area (Å²) in [5.41, 5.74) is 1.01. The molecule has 1 N–H and O–H groups in total. The number of anilines is 3. The monoisotopic (exact) mass is 362 g/mol. The van der Waals surface area contributed by atoms with Gasteiger partial charge in [0.05, 0.1) is 0 Å². The third-order valence-corrected chi connectivity index (χ3v) is 3.73. The number of hydrogen-bond donors (Lipinski definition) is 1. The Balaban J connectivity index is 2.25. The quantitative estimate of drug-likeness (QED) is 0.758. The van der Waals surface area contributed by atoms with Crippen LogP contribution in [0.1, 0.15) is 32.5 Å². The van der Waals surface area contributed by atoms with Crippen LogP contribution < -0.4 is 10.2 Å². The average molecular weight is 363 g/mol. The van der Waals surface area contributed by atoms with Gasteiger partial charge in [0.2, 0.25) is 0 Å². The van der Waals surface area contributed by atoms with E-state index >= 15 is 0 Å². The summed E-state index contributed by atoms with van der Waals surface area (Å²) in [6.07, 6.45) is 2.22. The van der Waals surface area contributed by atoms with Gasteiger partial charge in [-0.25, -0.2) is 9.97 Å². The first-order chi connectivity index (χ1) is 10.6. The van der Waals surface area contributed by atoms with E-state index in [1.807, 2.05) is 37.3 Å². The molecule has 5 heteroatoms. The maximum Gasteiger partial charge on any atom is 0.136 e. The van der Waals surface area contributed by atoms with Crippen LogP contribution in [0.4, 0.5) is 17.3 Å². The minimum atomic E-state index is 0.784. The normalized spacial score (nSPS) is 10.5. The van der Waals surface area contributed by atoms with Gasteiger partial charge in [-0.1, -0.05) is 35.8 Å². The third-order valence-electron chi connectivity index (χ3n) is 3.23. The molecular weight excluding hydrogens is 340 g/mol. The average Bonchev–Trinajstić information content (AvgIpc) is 2.46. The summed E-state index contributed by atoms with van der Waals surface area (Å²) >= 11 is 3.49. The van der Waals surface area contributed by atoms with Crippen molar-refractivity contribution in [2.75, 3.05) is 23.3 Å². The number of nitrogens with zero attached hydrogens (tertiary/aromatic N) is 3. The minimum Gasteiger partial charge on any atom is -0.356 e. The zero-order chi connectivity index (χ0) is 15.9. The maximum absolute atomic E-state index is 4.60. The van der Waals surface area contributed by atoms with Crippen LogP contribution in [0.5, 0.6) is 0 Å². The van der Waals surface area contributed by atoms with Gasteiger partial charge in [-0.15, -0.1) is 0 Å². The maximum atomic E-state index is 4.60. The van der Waals surface area contributed by atoms with Gasteiger partial charge in [0.1, 0.15) is 17.5 Å². The Kier molecular flexibility index (Phi) is 6.19. The molecule has 0 aliphatic carbocycles. The summed E-state index contributed by atoms with van der Waals surface area (Å²) in [5, 5.41) is 3.36. The van der Waals surface area contributed by atoms with E-state index in [9.17, 15) is 0 Å². The van der Waals surface area contributed by atoms with Crippen molar-refractivity contribution in [3.05, 3.63) is 40.6 Å². The van der Waals surface area contributed by atoms with Gasteiger partial charge in [-0.2, -0.15) is 0 Å². The number of nitrogens with one attached hydrogen (secondary N) is 1. The van der Waals surface area contributed by atoms with E-state index in [1.54, 1.807) is 0 Å². The molecule has 0 aliphatic rings. The first-order valence-corrected chi connectivity index (χ1v) is 8.55. The van der Waals surface area contributed by atoms with Gasteiger partial charge in [-0.3, -0.25) is 0 Å². The fraction of sp³-hybridized carbons (Fsp3) is 0.412. The molecule has 0 saturated heterocycles. The van der Waals surface area contributed by atoms with E-state index in [0.29, 0.717) is 0 Å². The second-order valence-electron chi connectivity index (χ2n) is 5.28. The van der Waals surface area contributed by atoms with Crippen molar-refractivity contribution in [1.82, 2.24) is 9.97 Å². The predicted molar refractivity (Wildman–Crippen MR) is 97.0 cm³/mol. The lowest BCUT2D eigenvalue weighted by molar-refractivity contribution is 0.730. The van der Waals surface area contributed by atoms with Gasteiger partial charge in [0.25, 0.3) is 0 Å². The van der Waals surface area contributed by atoms with Crippen LogP contribution in [0.3, 0.4) is 0 Å². The number of halogens is 1. The fourth-order valence-corrected chi connectivity index (χ4v) is 2.77. The summed E-state index contributed by atoms with van der Waals surface area (Å²) in [6.45, 7) is 8.35. The minimum absolute atomic E-state index is 0.784. The smallest absolute Gasteiger partial charge is 0.136 e. The predicted octanol–water partition coefficient (Wildman–Crippen LogP) is 4.92. The van der Waals surface area contributed by atoms with E-state index in [0.717, 1.165) is 53.6 Å². The van der Waals surface area contributed by atoms with Crippen molar-refractivity contribution in [1.29, 1.82) is 0 Å². The Morgan fingerprint density at radius 1 is 1.09 bits per heavy atom.